The first kappa shape index (κ1) is 51.9. The van der Waals surface area contributed by atoms with E-state index in [-0.39, 0.29) is 48.2 Å². The van der Waals surface area contributed by atoms with E-state index < -0.39 is 34.2 Å². The molecule has 2 amide bonds. The molecule has 16 heteroatoms. The largest absolute Gasteiger partial charge is 0.491 e. The average molecular weight is 913 g/mol. The van der Waals surface area contributed by atoms with Crippen molar-refractivity contribution in [2.24, 2.45) is 9.98 Å². The molecule has 0 saturated carbocycles. The Labute approximate surface area is 386 Å². The van der Waals surface area contributed by atoms with Gasteiger partial charge in [0.05, 0.1) is 60.2 Å². The average Bonchev–Trinajstić information content (AvgIpc) is 3.29. The van der Waals surface area contributed by atoms with Crippen LogP contribution in [0, 0.1) is 29.6 Å². The molecule has 0 fully saturated rings. The van der Waals surface area contributed by atoms with Gasteiger partial charge in [-0.2, -0.15) is 10.5 Å². The summed E-state index contributed by atoms with van der Waals surface area (Å²) in [6.45, 7) is 10.7. The highest BCUT2D eigenvalue weighted by Crippen LogP contribution is 2.36. The number of amidine groups is 1. The minimum atomic E-state index is -4.36. The molecule has 2 aromatic rings. The molecule has 0 aromatic heterocycles. The highest BCUT2D eigenvalue weighted by molar-refractivity contribution is 7.93. The van der Waals surface area contributed by atoms with Crippen LogP contribution in [0.25, 0.3) is 0 Å². The number of benzene rings is 2. The molecule has 15 nitrogen and oxygen atoms in total. The normalized spacial score (nSPS) is 14.4. The van der Waals surface area contributed by atoms with E-state index in [0.717, 1.165) is 35.7 Å². The van der Waals surface area contributed by atoms with E-state index in [9.17, 15) is 28.5 Å². The molecule has 352 valence electrons. The summed E-state index contributed by atoms with van der Waals surface area (Å²) in [5.74, 6) is -1.94. The Kier molecular flexibility index (Phi) is 21.5. The van der Waals surface area contributed by atoms with E-state index in [4.69, 9.17) is 19.5 Å². The molecule has 65 heavy (non-hydrogen) atoms. The van der Waals surface area contributed by atoms with Crippen LogP contribution >= 0.6 is 0 Å². The number of aliphatic imine (C=N–C) groups is 2. The minimum Gasteiger partial charge on any atom is -0.491 e. The second-order valence-electron chi connectivity index (χ2n) is 16.2. The lowest BCUT2D eigenvalue weighted by Crippen LogP contribution is -2.50. The maximum atomic E-state index is 15.0. The van der Waals surface area contributed by atoms with E-state index >= 15 is 4.79 Å². The maximum Gasteiger partial charge on any atom is 0.326 e. The molecular formula is C49H68N8O7S. The van der Waals surface area contributed by atoms with Gasteiger partial charge in [-0.05, 0) is 102 Å². The van der Waals surface area contributed by atoms with Crippen LogP contribution in [0.3, 0.4) is 0 Å². The smallest absolute Gasteiger partial charge is 0.326 e. The zero-order chi connectivity index (χ0) is 47.2. The summed E-state index contributed by atoms with van der Waals surface area (Å²) in [5, 5.41) is 21.5. The van der Waals surface area contributed by atoms with Crippen LogP contribution in [0.2, 0.25) is 0 Å². The summed E-state index contributed by atoms with van der Waals surface area (Å²) < 4.78 is 41.2. The quantitative estimate of drug-likeness (QED) is 0.0512. The van der Waals surface area contributed by atoms with Crippen molar-refractivity contribution in [2.45, 2.75) is 137 Å². The molecule has 2 aliphatic rings. The SMILES string of the molecule is CCCCCCCCCCCCOc1ccc(C(=O)N(CC)CC)cc1NC(=O)C(=Nc1ccc(N(CCC#N)CCC#N)cc1C)C1=NC2=C(CCCC2)S(=O)(=O)N1CC(=O)OCC. The van der Waals surface area contributed by atoms with Crippen molar-refractivity contribution >= 4 is 56.4 Å². The van der Waals surface area contributed by atoms with Crippen molar-refractivity contribution in [3.63, 3.8) is 0 Å². The van der Waals surface area contributed by atoms with E-state index in [1.807, 2.05) is 24.8 Å². The maximum absolute atomic E-state index is 15.0. The van der Waals surface area contributed by atoms with Crippen LogP contribution < -0.4 is 15.0 Å². The molecule has 1 heterocycles. The minimum absolute atomic E-state index is 0.00429. The molecule has 0 atom stereocenters. The van der Waals surface area contributed by atoms with Gasteiger partial charge in [0, 0.05) is 37.4 Å². The number of nitrogens with zero attached hydrogens (tertiary/aromatic N) is 7. The summed E-state index contributed by atoms with van der Waals surface area (Å²) >= 11 is 0. The van der Waals surface area contributed by atoms with Crippen molar-refractivity contribution in [1.82, 2.24) is 9.21 Å². The molecule has 0 saturated heterocycles. The van der Waals surface area contributed by atoms with Crippen LogP contribution in [0.4, 0.5) is 17.1 Å². The molecule has 0 spiro atoms. The Hall–Kier alpha value is -5.74. The van der Waals surface area contributed by atoms with Crippen LogP contribution in [-0.2, 0) is 24.3 Å². The number of nitrogens with one attached hydrogen (secondary N) is 1. The van der Waals surface area contributed by atoms with Gasteiger partial charge in [-0.1, -0.05) is 64.7 Å². The topological polar surface area (TPSA) is 198 Å². The number of carbonyl (C=O) groups is 3. The molecule has 0 bridgehead atoms. The third-order valence-corrected chi connectivity index (χ3v) is 13.5. The van der Waals surface area contributed by atoms with Crippen LogP contribution in [0.5, 0.6) is 5.75 Å². The molecule has 1 N–H and O–H groups in total. The van der Waals surface area contributed by atoms with Crippen LogP contribution in [0.1, 0.15) is 146 Å². The lowest BCUT2D eigenvalue weighted by Gasteiger charge is -2.32. The van der Waals surface area contributed by atoms with Gasteiger partial charge in [0.15, 0.2) is 11.5 Å². The Balaban J connectivity index is 1.80. The number of sulfonamides is 1. The number of rotatable bonds is 27. The van der Waals surface area contributed by atoms with Crippen molar-refractivity contribution in [3.05, 3.63) is 58.1 Å². The Morgan fingerprint density at radius 2 is 1.51 bits per heavy atom. The van der Waals surface area contributed by atoms with Crippen LogP contribution in [0.15, 0.2) is 57.0 Å². The Morgan fingerprint density at radius 3 is 2.12 bits per heavy atom. The van der Waals surface area contributed by atoms with Gasteiger partial charge < -0.3 is 24.6 Å². The van der Waals surface area contributed by atoms with E-state index in [1.165, 1.54) is 38.5 Å². The molecule has 1 aliphatic carbocycles. The number of allylic oxidation sites excluding steroid dienone is 2. The van der Waals surface area contributed by atoms with Crippen molar-refractivity contribution in [3.8, 4) is 17.9 Å². The van der Waals surface area contributed by atoms with Crippen molar-refractivity contribution in [1.29, 1.82) is 10.5 Å². The summed E-state index contributed by atoms with van der Waals surface area (Å²) in [6.07, 6.45) is 13.9. The number of nitriles is 2. The number of hydrogen-bond donors (Lipinski definition) is 1. The standard InChI is InChI=1S/C49H68N8O7S/c1-6-10-11-12-13-14-15-16-17-20-33-64-43-28-25-38(49(60)55(7-2)8-3)35-42(43)54-48(59)46(52-40-27-26-39(34-37(40)5)56(31-21-29-50)32-22-30-51)47-53-41-23-18-19-24-44(41)65(61,62)57(47)36-45(58)63-9-4/h25-28,34-35H,6-24,31-33,36H2,1-5H3,(H,54,59). The first-order valence-electron chi connectivity index (χ1n) is 23.5. The van der Waals surface area contributed by atoms with Gasteiger partial charge in [0.1, 0.15) is 12.3 Å². The van der Waals surface area contributed by atoms with Gasteiger partial charge in [0.2, 0.25) is 0 Å². The monoisotopic (exact) mass is 912 g/mol. The van der Waals surface area contributed by atoms with Gasteiger partial charge in [-0.15, -0.1) is 0 Å². The second kappa shape index (κ2) is 26.9. The van der Waals surface area contributed by atoms with E-state index in [0.29, 0.717) is 80.3 Å². The van der Waals surface area contributed by atoms with Gasteiger partial charge >= 0.3 is 5.97 Å². The highest BCUT2D eigenvalue weighted by atomic mass is 32.2. The summed E-state index contributed by atoms with van der Waals surface area (Å²) in [4.78, 5) is 55.1. The first-order chi connectivity index (χ1) is 31.4. The zero-order valence-electron chi connectivity index (χ0n) is 39.1. The number of amides is 2. The third-order valence-electron chi connectivity index (χ3n) is 11.5. The van der Waals surface area contributed by atoms with Gasteiger partial charge in [-0.3, -0.25) is 14.4 Å². The second-order valence-corrected chi connectivity index (χ2v) is 18.1. The highest BCUT2D eigenvalue weighted by Gasteiger charge is 2.42. The molecule has 0 radical (unpaired) electrons. The van der Waals surface area contributed by atoms with Crippen LogP contribution in [-0.4, -0.2) is 92.9 Å². The molecule has 4 rings (SSSR count). The Bertz CT molecular complexity index is 2220. The molecule has 1 aliphatic heterocycles. The number of anilines is 2. The molecular weight excluding hydrogens is 845 g/mol. The number of unbranched alkanes of at least 4 members (excludes halogenated alkanes) is 9. The zero-order valence-corrected chi connectivity index (χ0v) is 39.9. The number of ether oxygens (including phenoxy) is 2. The summed E-state index contributed by atoms with van der Waals surface area (Å²) in [6, 6.07) is 14.4. The lowest BCUT2D eigenvalue weighted by atomic mass is 10.0. The predicted octanol–water partition coefficient (Wildman–Crippen LogP) is 9.51. The van der Waals surface area contributed by atoms with Gasteiger partial charge in [-0.25, -0.2) is 22.7 Å². The number of aryl methyl sites for hydroxylation is 1. The van der Waals surface area contributed by atoms with Gasteiger partial charge in [0.25, 0.3) is 21.8 Å². The molecule has 0 unspecified atom stereocenters. The number of carbonyl (C=O) groups excluding carboxylic acids is 3. The molecule has 2 aromatic carbocycles. The van der Waals surface area contributed by atoms with E-state index in [2.05, 4.69) is 24.4 Å². The first-order valence-corrected chi connectivity index (χ1v) is 24.9. The summed E-state index contributed by atoms with van der Waals surface area (Å²) in [7, 11) is -4.36. The number of hydrogen-bond acceptors (Lipinski definition) is 12. The fraction of sp³-hybridized carbons (Fsp3) is 0.571. The predicted molar refractivity (Wildman–Crippen MR) is 256 cm³/mol. The summed E-state index contributed by atoms with van der Waals surface area (Å²) in [5.41, 5.74) is 2.05. The lowest BCUT2D eigenvalue weighted by molar-refractivity contribution is -0.142. The Morgan fingerprint density at radius 1 is 0.862 bits per heavy atom. The fourth-order valence-corrected chi connectivity index (χ4v) is 9.64. The van der Waals surface area contributed by atoms with E-state index in [1.54, 1.807) is 49.1 Å². The van der Waals surface area contributed by atoms with Crippen molar-refractivity contribution < 1.29 is 32.3 Å². The third kappa shape index (κ3) is 14.9. The number of esters is 1. The fourth-order valence-electron chi connectivity index (χ4n) is 7.90. The van der Waals surface area contributed by atoms with Crippen molar-refractivity contribution in [2.75, 3.05) is 56.2 Å².